The molecule has 0 bridgehead atoms. The summed E-state index contributed by atoms with van der Waals surface area (Å²) < 4.78 is 4.93. The highest BCUT2D eigenvalue weighted by atomic mass is 32.1. The van der Waals surface area contributed by atoms with Gasteiger partial charge in [0.1, 0.15) is 5.01 Å². The number of aromatic nitrogens is 1. The molecule has 4 heteroatoms. The summed E-state index contributed by atoms with van der Waals surface area (Å²) in [5.41, 5.74) is 3.17. The van der Waals surface area contributed by atoms with Gasteiger partial charge >= 0.3 is 5.97 Å². The Bertz CT molecular complexity index is 652. The molecule has 0 amide bonds. The van der Waals surface area contributed by atoms with Gasteiger partial charge in [-0.25, -0.2) is 9.78 Å². The van der Waals surface area contributed by atoms with Gasteiger partial charge in [0.2, 0.25) is 0 Å². The molecule has 0 N–H and O–H groups in total. The molecule has 0 aliphatic rings. The van der Waals surface area contributed by atoms with E-state index in [1.165, 1.54) is 11.3 Å². The largest absolute Gasteiger partial charge is 0.461 e. The Balaban J connectivity index is 2.38. The summed E-state index contributed by atoms with van der Waals surface area (Å²) in [5.74, 6) is 2.21. The number of nitrogens with zero attached hydrogens (tertiary/aromatic N) is 1. The van der Waals surface area contributed by atoms with Crippen LogP contribution < -0.4 is 0 Å². The van der Waals surface area contributed by atoms with Crippen LogP contribution in [0.1, 0.15) is 28.5 Å². The molecule has 2 aromatic rings. The second kappa shape index (κ2) is 5.68. The van der Waals surface area contributed by atoms with Crippen LogP contribution in [0.5, 0.6) is 0 Å². The maximum Gasteiger partial charge on any atom is 0.357 e. The minimum Gasteiger partial charge on any atom is -0.461 e. The van der Waals surface area contributed by atoms with Gasteiger partial charge in [-0.2, -0.15) is 0 Å². The Morgan fingerprint density at radius 1 is 1.53 bits per heavy atom. The normalized spacial score (nSPS) is 9.95. The van der Waals surface area contributed by atoms with Gasteiger partial charge in [0.25, 0.3) is 0 Å². The molecule has 0 aliphatic carbocycles. The summed E-state index contributed by atoms with van der Waals surface area (Å²) in [5, 5.41) is 2.48. The number of ether oxygens (including phenoxy) is 1. The monoisotopic (exact) mass is 271 g/mol. The Morgan fingerprint density at radius 2 is 2.32 bits per heavy atom. The Kier molecular flexibility index (Phi) is 3.98. The highest BCUT2D eigenvalue weighted by Crippen LogP contribution is 2.27. The van der Waals surface area contributed by atoms with E-state index in [1.807, 2.05) is 25.1 Å². The van der Waals surface area contributed by atoms with E-state index in [2.05, 4.69) is 10.9 Å². The molecule has 0 unspecified atom stereocenters. The molecule has 0 spiro atoms. The number of hydrogen-bond acceptors (Lipinski definition) is 4. The Morgan fingerprint density at radius 3 is 3.00 bits per heavy atom. The summed E-state index contributed by atoms with van der Waals surface area (Å²) in [4.78, 5) is 15.9. The number of hydrogen-bond donors (Lipinski definition) is 0. The molecule has 1 aromatic carbocycles. The molecule has 0 aliphatic heterocycles. The van der Waals surface area contributed by atoms with Crippen LogP contribution in [0.15, 0.2) is 23.6 Å². The smallest absolute Gasteiger partial charge is 0.357 e. The standard InChI is InChI=1S/C15H13NO2S/c1-4-11-7-6-10(3)12(8-11)14-16-13(9-19-14)15(17)18-5-2/h1,6-9H,5H2,2-3H3. The molecule has 1 aromatic heterocycles. The van der Waals surface area contributed by atoms with Crippen LogP contribution in [0.4, 0.5) is 0 Å². The predicted molar refractivity (Wildman–Crippen MR) is 76.2 cm³/mol. The number of carbonyl (C=O) groups excluding carboxylic acids is 1. The average molecular weight is 271 g/mol. The molecule has 3 nitrogen and oxygen atoms in total. The molecule has 19 heavy (non-hydrogen) atoms. The van der Waals surface area contributed by atoms with E-state index in [0.717, 1.165) is 21.7 Å². The van der Waals surface area contributed by atoms with Crippen LogP contribution in [0.3, 0.4) is 0 Å². The maximum absolute atomic E-state index is 11.6. The van der Waals surface area contributed by atoms with Gasteiger partial charge in [0, 0.05) is 16.5 Å². The number of terminal acetylenes is 1. The first kappa shape index (κ1) is 13.3. The zero-order valence-corrected chi connectivity index (χ0v) is 11.6. The van der Waals surface area contributed by atoms with E-state index in [-0.39, 0.29) is 0 Å². The van der Waals surface area contributed by atoms with Crippen molar-refractivity contribution in [2.75, 3.05) is 6.61 Å². The molecule has 0 fully saturated rings. The van der Waals surface area contributed by atoms with Gasteiger partial charge < -0.3 is 4.74 Å². The highest BCUT2D eigenvalue weighted by molar-refractivity contribution is 7.13. The predicted octanol–water partition coefficient (Wildman–Crippen LogP) is 3.28. The van der Waals surface area contributed by atoms with E-state index in [9.17, 15) is 4.79 Å². The van der Waals surface area contributed by atoms with Crippen LogP contribution >= 0.6 is 11.3 Å². The molecule has 0 saturated carbocycles. The first-order chi connectivity index (χ1) is 9.15. The molecule has 0 atom stereocenters. The van der Waals surface area contributed by atoms with Crippen molar-refractivity contribution >= 4 is 17.3 Å². The van der Waals surface area contributed by atoms with E-state index in [0.29, 0.717) is 12.3 Å². The zero-order chi connectivity index (χ0) is 13.8. The van der Waals surface area contributed by atoms with Gasteiger partial charge in [0.05, 0.1) is 6.61 Å². The van der Waals surface area contributed by atoms with Gasteiger partial charge in [-0.05, 0) is 31.5 Å². The van der Waals surface area contributed by atoms with E-state index >= 15 is 0 Å². The fraction of sp³-hybridized carbons (Fsp3) is 0.200. The van der Waals surface area contributed by atoms with Crippen molar-refractivity contribution in [2.45, 2.75) is 13.8 Å². The lowest BCUT2D eigenvalue weighted by Gasteiger charge is -2.02. The zero-order valence-electron chi connectivity index (χ0n) is 10.8. The van der Waals surface area contributed by atoms with Crippen molar-refractivity contribution in [1.29, 1.82) is 0 Å². The average Bonchev–Trinajstić information content (AvgIpc) is 2.89. The number of rotatable bonds is 3. The fourth-order valence-electron chi connectivity index (χ4n) is 1.64. The molecule has 2 rings (SSSR count). The summed E-state index contributed by atoms with van der Waals surface area (Å²) in [6.07, 6.45) is 5.40. The molecular weight excluding hydrogens is 258 g/mol. The molecule has 96 valence electrons. The number of esters is 1. The summed E-state index contributed by atoms with van der Waals surface area (Å²) in [6.45, 7) is 4.10. The third-order valence-electron chi connectivity index (χ3n) is 2.62. The lowest BCUT2D eigenvalue weighted by Crippen LogP contribution is -2.04. The molecule has 0 saturated heterocycles. The van der Waals surface area contributed by atoms with Crippen LogP contribution in [-0.4, -0.2) is 17.6 Å². The molecular formula is C15H13NO2S. The lowest BCUT2D eigenvalue weighted by molar-refractivity contribution is 0.0520. The van der Waals surface area contributed by atoms with Gasteiger partial charge in [-0.1, -0.05) is 12.0 Å². The number of carbonyl (C=O) groups is 1. The van der Waals surface area contributed by atoms with Gasteiger partial charge in [0.15, 0.2) is 5.69 Å². The number of thiazole rings is 1. The van der Waals surface area contributed by atoms with Crippen molar-refractivity contribution in [2.24, 2.45) is 0 Å². The quantitative estimate of drug-likeness (QED) is 0.635. The first-order valence-electron chi connectivity index (χ1n) is 5.86. The van der Waals surface area contributed by atoms with Crippen LogP contribution in [0.25, 0.3) is 10.6 Å². The Labute approximate surface area is 116 Å². The van der Waals surface area contributed by atoms with Crippen molar-refractivity contribution < 1.29 is 9.53 Å². The fourth-order valence-corrected chi connectivity index (χ4v) is 2.51. The summed E-state index contributed by atoms with van der Waals surface area (Å²) in [7, 11) is 0. The SMILES string of the molecule is C#Cc1ccc(C)c(-c2nc(C(=O)OCC)cs2)c1. The number of aryl methyl sites for hydroxylation is 1. The second-order valence-electron chi connectivity index (χ2n) is 3.93. The van der Waals surface area contributed by atoms with Crippen molar-refractivity contribution in [1.82, 2.24) is 4.98 Å². The van der Waals surface area contributed by atoms with Gasteiger partial charge in [-0.15, -0.1) is 17.8 Å². The highest BCUT2D eigenvalue weighted by Gasteiger charge is 2.13. The van der Waals surface area contributed by atoms with E-state index in [4.69, 9.17) is 11.2 Å². The van der Waals surface area contributed by atoms with Crippen LogP contribution in [0.2, 0.25) is 0 Å². The maximum atomic E-state index is 11.6. The van der Waals surface area contributed by atoms with E-state index in [1.54, 1.807) is 12.3 Å². The molecule has 0 radical (unpaired) electrons. The second-order valence-corrected chi connectivity index (χ2v) is 4.79. The summed E-state index contributed by atoms with van der Waals surface area (Å²) >= 11 is 1.41. The van der Waals surface area contributed by atoms with Crippen molar-refractivity contribution in [3.05, 3.63) is 40.4 Å². The minimum atomic E-state index is -0.393. The van der Waals surface area contributed by atoms with Crippen molar-refractivity contribution in [3.63, 3.8) is 0 Å². The molecule has 1 heterocycles. The Hall–Kier alpha value is -2.12. The third kappa shape index (κ3) is 2.83. The van der Waals surface area contributed by atoms with Crippen molar-refractivity contribution in [3.8, 4) is 22.9 Å². The van der Waals surface area contributed by atoms with E-state index < -0.39 is 5.97 Å². The first-order valence-corrected chi connectivity index (χ1v) is 6.74. The van der Waals surface area contributed by atoms with Crippen LogP contribution in [-0.2, 0) is 4.74 Å². The van der Waals surface area contributed by atoms with Gasteiger partial charge in [-0.3, -0.25) is 0 Å². The van der Waals surface area contributed by atoms with Crippen LogP contribution in [0, 0.1) is 19.3 Å². The topological polar surface area (TPSA) is 39.2 Å². The third-order valence-corrected chi connectivity index (χ3v) is 3.50. The summed E-state index contributed by atoms with van der Waals surface area (Å²) in [6, 6.07) is 5.75. The lowest BCUT2D eigenvalue weighted by atomic mass is 10.1. The minimum absolute atomic E-state index is 0.340. The number of benzene rings is 1.